The minimum Gasteiger partial charge on any atom is -0.478 e. The van der Waals surface area contributed by atoms with Crippen LogP contribution in [-0.4, -0.2) is 58.8 Å². The summed E-state index contributed by atoms with van der Waals surface area (Å²) in [7, 11) is 0. The molecule has 0 aromatic carbocycles. The third-order valence-corrected chi connectivity index (χ3v) is 3.77. The Kier molecular flexibility index (Phi) is 5.16. The molecule has 1 fully saturated rings. The molecule has 1 aliphatic rings. The summed E-state index contributed by atoms with van der Waals surface area (Å²) in [6.07, 6.45) is -0.363. The van der Waals surface area contributed by atoms with Crippen LogP contribution in [0.15, 0.2) is 6.07 Å². The molecule has 8 heteroatoms. The van der Waals surface area contributed by atoms with Crippen LogP contribution in [0.4, 0.5) is 10.6 Å². The largest absolute Gasteiger partial charge is 0.478 e. The van der Waals surface area contributed by atoms with Gasteiger partial charge in [0, 0.05) is 26.2 Å². The SMILES string of the molecule is Cc1nc(N2CCN(C(=O)OC(C)(C)C)CC2)c(C#N)cc1C(=O)O. The first-order valence-electron chi connectivity index (χ1n) is 8.00. The first-order valence-corrected chi connectivity index (χ1v) is 8.00. The summed E-state index contributed by atoms with van der Waals surface area (Å²) >= 11 is 0. The summed E-state index contributed by atoms with van der Waals surface area (Å²) < 4.78 is 5.36. The number of aromatic nitrogens is 1. The number of amides is 1. The van der Waals surface area contributed by atoms with Crippen molar-refractivity contribution in [1.82, 2.24) is 9.88 Å². The number of ether oxygens (including phenoxy) is 1. The van der Waals surface area contributed by atoms with Gasteiger partial charge in [0.2, 0.25) is 0 Å². The Hall–Kier alpha value is -2.82. The second-order valence-corrected chi connectivity index (χ2v) is 6.86. The van der Waals surface area contributed by atoms with E-state index in [0.717, 1.165) is 0 Å². The Labute approximate surface area is 146 Å². The van der Waals surface area contributed by atoms with Crippen LogP contribution in [0, 0.1) is 18.3 Å². The number of nitrogens with zero attached hydrogens (tertiary/aromatic N) is 4. The van der Waals surface area contributed by atoms with Crippen molar-refractivity contribution in [3.63, 3.8) is 0 Å². The first-order chi connectivity index (χ1) is 11.6. The van der Waals surface area contributed by atoms with Crippen molar-refractivity contribution in [2.45, 2.75) is 33.3 Å². The Balaban J connectivity index is 2.13. The van der Waals surface area contributed by atoms with Crippen molar-refractivity contribution in [3.8, 4) is 6.07 Å². The minimum absolute atomic E-state index is 0.0210. The Bertz CT molecular complexity index is 725. The zero-order valence-electron chi connectivity index (χ0n) is 14.9. The Morgan fingerprint density at radius 3 is 2.36 bits per heavy atom. The summed E-state index contributed by atoms with van der Waals surface area (Å²) in [4.78, 5) is 31.1. The number of carbonyl (C=O) groups is 2. The van der Waals surface area contributed by atoms with E-state index in [4.69, 9.17) is 9.84 Å². The molecule has 8 nitrogen and oxygen atoms in total. The molecule has 2 heterocycles. The van der Waals surface area contributed by atoms with Gasteiger partial charge in [-0.3, -0.25) is 0 Å². The molecule has 1 aromatic heterocycles. The average molecular weight is 346 g/mol. The number of hydrogen-bond acceptors (Lipinski definition) is 6. The summed E-state index contributed by atoms with van der Waals surface area (Å²) in [5, 5.41) is 18.5. The molecule has 134 valence electrons. The number of aromatic carboxylic acids is 1. The molecule has 0 aliphatic carbocycles. The summed E-state index contributed by atoms with van der Waals surface area (Å²) in [6, 6.07) is 3.36. The lowest BCUT2D eigenvalue weighted by molar-refractivity contribution is 0.0240. The van der Waals surface area contributed by atoms with Crippen molar-refractivity contribution < 1.29 is 19.4 Å². The smallest absolute Gasteiger partial charge is 0.410 e. The molecule has 2 rings (SSSR count). The first kappa shape index (κ1) is 18.5. The molecule has 0 saturated carbocycles. The van der Waals surface area contributed by atoms with Crippen LogP contribution in [0.2, 0.25) is 0 Å². The number of carbonyl (C=O) groups excluding carboxylic acids is 1. The lowest BCUT2D eigenvalue weighted by Crippen LogP contribution is -2.50. The van der Waals surface area contributed by atoms with E-state index < -0.39 is 11.6 Å². The Morgan fingerprint density at radius 2 is 1.88 bits per heavy atom. The maximum Gasteiger partial charge on any atom is 0.410 e. The van der Waals surface area contributed by atoms with Gasteiger partial charge < -0.3 is 19.6 Å². The standard InChI is InChI=1S/C17H22N4O4/c1-11-13(15(22)23)9-12(10-18)14(19-11)20-5-7-21(8-6-20)16(24)25-17(2,3)4/h9H,5-8H2,1-4H3,(H,22,23). The highest BCUT2D eigenvalue weighted by Gasteiger charge is 2.27. The van der Waals surface area contributed by atoms with E-state index in [1.165, 1.54) is 6.07 Å². The molecule has 1 aliphatic heterocycles. The maximum atomic E-state index is 12.1. The number of pyridine rings is 1. The van der Waals surface area contributed by atoms with Crippen LogP contribution >= 0.6 is 0 Å². The van der Waals surface area contributed by atoms with Gasteiger partial charge in [0.05, 0.1) is 16.8 Å². The highest BCUT2D eigenvalue weighted by Crippen LogP contribution is 2.23. The van der Waals surface area contributed by atoms with E-state index in [2.05, 4.69) is 4.98 Å². The molecule has 1 N–H and O–H groups in total. The predicted octanol–water partition coefficient (Wildman–Crippen LogP) is 2.02. The second kappa shape index (κ2) is 6.97. The zero-order chi connectivity index (χ0) is 18.8. The minimum atomic E-state index is -1.11. The van der Waals surface area contributed by atoms with Gasteiger partial charge in [0.1, 0.15) is 17.5 Å². The number of hydrogen-bond donors (Lipinski definition) is 1. The highest BCUT2D eigenvalue weighted by molar-refractivity contribution is 5.90. The number of aryl methyl sites for hydroxylation is 1. The lowest BCUT2D eigenvalue weighted by Gasteiger charge is -2.36. The number of rotatable bonds is 2. The predicted molar refractivity (Wildman–Crippen MR) is 90.7 cm³/mol. The fraction of sp³-hybridized carbons (Fsp3) is 0.529. The van der Waals surface area contributed by atoms with Crippen molar-refractivity contribution in [1.29, 1.82) is 5.26 Å². The van der Waals surface area contributed by atoms with Gasteiger partial charge in [-0.1, -0.05) is 0 Å². The molecule has 1 saturated heterocycles. The third-order valence-electron chi connectivity index (χ3n) is 3.77. The van der Waals surface area contributed by atoms with Crippen LogP contribution < -0.4 is 4.90 Å². The van der Waals surface area contributed by atoms with Gasteiger partial charge in [-0.2, -0.15) is 5.26 Å². The fourth-order valence-corrected chi connectivity index (χ4v) is 2.56. The zero-order valence-corrected chi connectivity index (χ0v) is 14.9. The van der Waals surface area contributed by atoms with Gasteiger partial charge >= 0.3 is 12.1 Å². The number of carboxylic acids is 1. The van der Waals surface area contributed by atoms with Crippen molar-refractivity contribution in [2.75, 3.05) is 31.1 Å². The van der Waals surface area contributed by atoms with E-state index >= 15 is 0 Å². The van der Waals surface area contributed by atoms with Crippen LogP contribution in [0.1, 0.15) is 42.4 Å². The molecule has 1 amide bonds. The van der Waals surface area contributed by atoms with Crippen LogP contribution in [0.25, 0.3) is 0 Å². The van der Waals surface area contributed by atoms with E-state index in [0.29, 0.717) is 37.7 Å². The third kappa shape index (κ3) is 4.38. The number of nitriles is 1. The molecule has 0 atom stereocenters. The van der Waals surface area contributed by atoms with Crippen LogP contribution in [0.5, 0.6) is 0 Å². The quantitative estimate of drug-likeness (QED) is 0.873. The van der Waals surface area contributed by atoms with Crippen LogP contribution in [0.3, 0.4) is 0 Å². The average Bonchev–Trinajstić information content (AvgIpc) is 2.52. The molecule has 0 unspecified atom stereocenters. The summed E-state index contributed by atoms with van der Waals surface area (Å²) in [6.45, 7) is 8.93. The normalized spacial score (nSPS) is 14.8. The number of anilines is 1. The van der Waals surface area contributed by atoms with Crippen molar-refractivity contribution >= 4 is 17.9 Å². The van der Waals surface area contributed by atoms with E-state index in [-0.39, 0.29) is 17.2 Å². The molecule has 25 heavy (non-hydrogen) atoms. The molecular formula is C17H22N4O4. The van der Waals surface area contributed by atoms with E-state index in [1.807, 2.05) is 31.7 Å². The van der Waals surface area contributed by atoms with E-state index in [9.17, 15) is 14.9 Å². The van der Waals surface area contributed by atoms with E-state index in [1.54, 1.807) is 11.8 Å². The summed E-state index contributed by atoms with van der Waals surface area (Å²) in [5.74, 6) is -0.656. The topological polar surface area (TPSA) is 107 Å². The Morgan fingerprint density at radius 1 is 1.28 bits per heavy atom. The second-order valence-electron chi connectivity index (χ2n) is 6.86. The molecule has 0 spiro atoms. The number of piperazine rings is 1. The van der Waals surface area contributed by atoms with Crippen LogP contribution in [-0.2, 0) is 4.74 Å². The fourth-order valence-electron chi connectivity index (χ4n) is 2.56. The monoisotopic (exact) mass is 346 g/mol. The molecule has 1 aromatic rings. The van der Waals surface area contributed by atoms with Gasteiger partial charge in [-0.25, -0.2) is 14.6 Å². The maximum absolute atomic E-state index is 12.1. The van der Waals surface area contributed by atoms with Crippen molar-refractivity contribution in [2.24, 2.45) is 0 Å². The number of carboxylic acid groups (broad SMARTS) is 1. The van der Waals surface area contributed by atoms with Gasteiger partial charge in [-0.15, -0.1) is 0 Å². The molecule has 0 bridgehead atoms. The van der Waals surface area contributed by atoms with Gasteiger partial charge in [0.25, 0.3) is 0 Å². The molecular weight excluding hydrogens is 324 g/mol. The highest BCUT2D eigenvalue weighted by atomic mass is 16.6. The lowest BCUT2D eigenvalue weighted by atomic mass is 10.1. The van der Waals surface area contributed by atoms with Crippen molar-refractivity contribution in [3.05, 3.63) is 22.9 Å². The summed E-state index contributed by atoms with van der Waals surface area (Å²) in [5.41, 5.74) is 0.0468. The van der Waals surface area contributed by atoms with Gasteiger partial charge in [0.15, 0.2) is 0 Å². The molecule has 0 radical (unpaired) electrons. The van der Waals surface area contributed by atoms with Gasteiger partial charge in [-0.05, 0) is 33.8 Å².